The van der Waals surface area contributed by atoms with Crippen LogP contribution in [-0.4, -0.2) is 10.9 Å². The number of amides is 1. The van der Waals surface area contributed by atoms with E-state index in [1.807, 2.05) is 49.4 Å². The van der Waals surface area contributed by atoms with Gasteiger partial charge in [-0.1, -0.05) is 30.3 Å². The number of aromatic nitrogens is 1. The molecule has 0 unspecified atom stereocenters. The Morgan fingerprint density at radius 1 is 1.03 bits per heavy atom. The van der Waals surface area contributed by atoms with Crippen LogP contribution < -0.4 is 10.9 Å². The Kier molecular flexibility index (Phi) is 4.03. The molecule has 0 radical (unpaired) electrons. The van der Waals surface area contributed by atoms with E-state index in [9.17, 15) is 9.59 Å². The molecule has 2 aromatic carbocycles. The van der Waals surface area contributed by atoms with Crippen LogP contribution in [0.25, 0.3) is 33.2 Å². The SMILES string of the molecule is Cc1ccc(-c2csc(NC(=O)c3cc4c(ccc5ccccc54)oc3=O)n2)o1. The molecule has 6 nitrogen and oxygen atoms in total. The molecule has 1 amide bonds. The quantitative estimate of drug-likeness (QED) is 0.330. The predicted molar refractivity (Wildman–Crippen MR) is 112 cm³/mol. The summed E-state index contributed by atoms with van der Waals surface area (Å²) in [6.45, 7) is 1.85. The maximum Gasteiger partial charge on any atom is 0.349 e. The Labute approximate surface area is 168 Å². The Morgan fingerprint density at radius 3 is 2.72 bits per heavy atom. The van der Waals surface area contributed by atoms with Crippen molar-refractivity contribution in [2.24, 2.45) is 0 Å². The van der Waals surface area contributed by atoms with E-state index in [2.05, 4.69) is 10.3 Å². The monoisotopic (exact) mass is 402 g/mol. The molecule has 5 aromatic rings. The maximum atomic E-state index is 12.7. The van der Waals surface area contributed by atoms with Crippen LogP contribution in [0.4, 0.5) is 5.13 Å². The van der Waals surface area contributed by atoms with Gasteiger partial charge in [0.15, 0.2) is 10.9 Å². The molecular weight excluding hydrogens is 388 g/mol. The van der Waals surface area contributed by atoms with Crippen LogP contribution in [0.15, 0.2) is 73.6 Å². The number of aryl methyl sites for hydroxylation is 1. The highest BCUT2D eigenvalue weighted by Gasteiger charge is 2.17. The molecule has 0 saturated heterocycles. The van der Waals surface area contributed by atoms with Crippen LogP contribution in [0.1, 0.15) is 16.1 Å². The van der Waals surface area contributed by atoms with Crippen molar-refractivity contribution in [2.45, 2.75) is 6.92 Å². The number of hydrogen-bond donors (Lipinski definition) is 1. The van der Waals surface area contributed by atoms with E-state index < -0.39 is 11.5 Å². The highest BCUT2D eigenvalue weighted by atomic mass is 32.1. The molecule has 0 aliphatic heterocycles. The minimum absolute atomic E-state index is 0.0700. The van der Waals surface area contributed by atoms with Crippen molar-refractivity contribution in [2.75, 3.05) is 5.32 Å². The summed E-state index contributed by atoms with van der Waals surface area (Å²) >= 11 is 1.25. The second-order valence-corrected chi connectivity index (χ2v) is 7.41. The summed E-state index contributed by atoms with van der Waals surface area (Å²) in [4.78, 5) is 29.5. The highest BCUT2D eigenvalue weighted by Crippen LogP contribution is 2.28. The fourth-order valence-corrected chi connectivity index (χ4v) is 3.91. The molecule has 1 N–H and O–H groups in total. The predicted octanol–water partition coefficient (Wildman–Crippen LogP) is 5.22. The number of thiazole rings is 1. The first-order chi connectivity index (χ1) is 14.1. The molecule has 0 atom stereocenters. The van der Waals surface area contributed by atoms with Crippen molar-refractivity contribution in [3.63, 3.8) is 0 Å². The highest BCUT2D eigenvalue weighted by molar-refractivity contribution is 7.14. The van der Waals surface area contributed by atoms with Gasteiger partial charge < -0.3 is 8.83 Å². The molecule has 3 heterocycles. The number of anilines is 1. The Morgan fingerprint density at radius 2 is 1.90 bits per heavy atom. The van der Waals surface area contributed by atoms with E-state index in [0.717, 1.165) is 16.5 Å². The van der Waals surface area contributed by atoms with Crippen LogP contribution in [0.2, 0.25) is 0 Å². The molecule has 0 bridgehead atoms. The minimum Gasteiger partial charge on any atom is -0.460 e. The summed E-state index contributed by atoms with van der Waals surface area (Å²) in [6.07, 6.45) is 0. The van der Waals surface area contributed by atoms with Crippen molar-refractivity contribution in [1.29, 1.82) is 0 Å². The van der Waals surface area contributed by atoms with Gasteiger partial charge in [-0.15, -0.1) is 11.3 Å². The van der Waals surface area contributed by atoms with Gasteiger partial charge in [-0.3, -0.25) is 10.1 Å². The summed E-state index contributed by atoms with van der Waals surface area (Å²) in [6, 6.07) is 16.6. The van der Waals surface area contributed by atoms with Gasteiger partial charge in [0.1, 0.15) is 22.6 Å². The molecule has 0 aliphatic carbocycles. The zero-order valence-electron chi connectivity index (χ0n) is 15.3. The summed E-state index contributed by atoms with van der Waals surface area (Å²) in [5, 5.41) is 7.44. The first-order valence-corrected chi connectivity index (χ1v) is 9.76. The third kappa shape index (κ3) is 3.11. The van der Waals surface area contributed by atoms with E-state index >= 15 is 0 Å². The Bertz CT molecular complexity index is 1440. The van der Waals surface area contributed by atoms with E-state index in [4.69, 9.17) is 8.83 Å². The van der Waals surface area contributed by atoms with Gasteiger partial charge in [-0.25, -0.2) is 9.78 Å². The van der Waals surface area contributed by atoms with Crippen molar-refractivity contribution in [1.82, 2.24) is 4.98 Å². The zero-order chi connectivity index (χ0) is 20.0. The van der Waals surface area contributed by atoms with Crippen LogP contribution in [0.3, 0.4) is 0 Å². The second-order valence-electron chi connectivity index (χ2n) is 6.55. The lowest BCUT2D eigenvalue weighted by atomic mass is 10.0. The summed E-state index contributed by atoms with van der Waals surface area (Å²) in [7, 11) is 0. The zero-order valence-corrected chi connectivity index (χ0v) is 16.1. The molecule has 0 aliphatic rings. The van der Waals surface area contributed by atoms with Crippen molar-refractivity contribution < 1.29 is 13.6 Å². The fourth-order valence-electron chi connectivity index (χ4n) is 3.21. The number of fused-ring (bicyclic) bond motifs is 3. The number of benzene rings is 2. The molecule has 29 heavy (non-hydrogen) atoms. The fraction of sp³-hybridized carbons (Fsp3) is 0.0455. The van der Waals surface area contributed by atoms with Crippen LogP contribution in [0.5, 0.6) is 0 Å². The standard InChI is InChI=1S/C22H14N2O4S/c1-12-6-8-19(27-12)17-11-29-22(23-17)24-20(25)16-10-15-14-5-3-2-4-13(14)7-9-18(15)28-21(16)26/h2-11H,1H3,(H,23,24,25). The molecule has 5 rings (SSSR count). The molecule has 0 fully saturated rings. The lowest BCUT2D eigenvalue weighted by Crippen LogP contribution is -2.20. The average molecular weight is 402 g/mol. The van der Waals surface area contributed by atoms with Gasteiger partial charge in [0.2, 0.25) is 0 Å². The lowest BCUT2D eigenvalue weighted by Gasteiger charge is -2.05. The summed E-state index contributed by atoms with van der Waals surface area (Å²) in [5.74, 6) is 0.834. The number of nitrogens with zero attached hydrogens (tertiary/aromatic N) is 1. The maximum absolute atomic E-state index is 12.7. The molecule has 0 spiro atoms. The topological polar surface area (TPSA) is 85.3 Å². The lowest BCUT2D eigenvalue weighted by molar-refractivity contribution is 0.102. The molecular formula is C22H14N2O4S. The van der Waals surface area contributed by atoms with E-state index in [-0.39, 0.29) is 5.56 Å². The van der Waals surface area contributed by atoms with Crippen LogP contribution in [-0.2, 0) is 0 Å². The van der Waals surface area contributed by atoms with E-state index in [1.165, 1.54) is 11.3 Å². The third-order valence-electron chi connectivity index (χ3n) is 4.60. The van der Waals surface area contributed by atoms with E-state index in [0.29, 0.717) is 27.6 Å². The van der Waals surface area contributed by atoms with Crippen molar-refractivity contribution in [3.05, 3.63) is 81.7 Å². The number of carbonyl (C=O) groups excluding carboxylic acids is 1. The molecule has 3 aromatic heterocycles. The van der Waals surface area contributed by atoms with Crippen molar-refractivity contribution in [3.8, 4) is 11.5 Å². The normalized spacial score (nSPS) is 11.2. The van der Waals surface area contributed by atoms with Gasteiger partial charge in [0, 0.05) is 10.8 Å². The minimum atomic E-state index is -0.691. The average Bonchev–Trinajstić information content (AvgIpc) is 3.36. The molecule has 142 valence electrons. The number of carbonyl (C=O) groups is 1. The van der Waals surface area contributed by atoms with Gasteiger partial charge in [0.25, 0.3) is 5.91 Å². The first kappa shape index (κ1) is 17.4. The Balaban J connectivity index is 1.51. The van der Waals surface area contributed by atoms with Gasteiger partial charge in [-0.05, 0) is 42.0 Å². The second kappa shape index (κ2) is 6.72. The smallest absolute Gasteiger partial charge is 0.349 e. The number of nitrogens with one attached hydrogen (secondary N) is 1. The van der Waals surface area contributed by atoms with Gasteiger partial charge in [-0.2, -0.15) is 0 Å². The van der Waals surface area contributed by atoms with E-state index in [1.54, 1.807) is 17.5 Å². The number of rotatable bonds is 3. The first-order valence-electron chi connectivity index (χ1n) is 8.88. The van der Waals surface area contributed by atoms with Crippen molar-refractivity contribution >= 4 is 44.1 Å². The van der Waals surface area contributed by atoms with Gasteiger partial charge >= 0.3 is 5.63 Å². The summed E-state index contributed by atoms with van der Waals surface area (Å²) in [5.41, 5.74) is 0.299. The van der Waals surface area contributed by atoms with Crippen LogP contribution in [0, 0.1) is 6.92 Å². The third-order valence-corrected chi connectivity index (χ3v) is 5.36. The molecule has 0 saturated carbocycles. The summed E-state index contributed by atoms with van der Waals surface area (Å²) < 4.78 is 10.9. The Hall–Kier alpha value is -3.71. The van der Waals surface area contributed by atoms with Gasteiger partial charge in [0.05, 0.1) is 0 Å². The number of hydrogen-bond acceptors (Lipinski definition) is 6. The van der Waals surface area contributed by atoms with Crippen LogP contribution >= 0.6 is 11.3 Å². The largest absolute Gasteiger partial charge is 0.460 e. The number of furan rings is 1. The molecule has 7 heteroatoms.